The molecular formula is C20H22N6O2. The predicted molar refractivity (Wildman–Crippen MR) is 104 cm³/mol. The first kappa shape index (κ1) is 17.1. The van der Waals surface area contributed by atoms with E-state index in [0.717, 1.165) is 59.3 Å². The molecule has 0 bridgehead atoms. The molecular weight excluding hydrogens is 356 g/mol. The number of aliphatic hydroxyl groups is 1. The molecule has 1 fully saturated rings. The lowest BCUT2D eigenvalue weighted by Crippen LogP contribution is -2.21. The highest BCUT2D eigenvalue weighted by Gasteiger charge is 2.24. The number of imidazole rings is 1. The minimum Gasteiger partial charge on any atom is -0.479 e. The molecule has 0 aromatic carbocycles. The van der Waals surface area contributed by atoms with E-state index in [9.17, 15) is 5.11 Å². The molecule has 8 heteroatoms. The summed E-state index contributed by atoms with van der Waals surface area (Å²) in [5, 5.41) is 14.1. The zero-order valence-corrected chi connectivity index (χ0v) is 15.9. The van der Waals surface area contributed by atoms with Crippen LogP contribution in [-0.2, 0) is 0 Å². The van der Waals surface area contributed by atoms with Crippen molar-refractivity contribution in [1.29, 1.82) is 0 Å². The number of fused-ring (bicyclic) bond motifs is 2. The molecule has 8 nitrogen and oxygen atoms in total. The Labute approximate surface area is 161 Å². The Morgan fingerprint density at radius 1 is 1.18 bits per heavy atom. The molecule has 0 saturated heterocycles. The number of hydrogen-bond acceptors (Lipinski definition) is 6. The molecule has 0 aliphatic heterocycles. The number of rotatable bonds is 3. The average Bonchev–Trinajstić information content (AvgIpc) is 3.28. The predicted octanol–water partition coefficient (Wildman–Crippen LogP) is 2.93. The molecule has 0 spiro atoms. The summed E-state index contributed by atoms with van der Waals surface area (Å²) >= 11 is 0. The summed E-state index contributed by atoms with van der Waals surface area (Å²) in [6.45, 7) is 2.02. The SMILES string of the molecule is COc1ncnn2ccc(-c3cnc4nc(C)n(C5CCC(O)CC5)c4c3)c12. The van der Waals surface area contributed by atoms with Gasteiger partial charge in [-0.25, -0.2) is 14.5 Å². The Hall–Kier alpha value is -3.00. The van der Waals surface area contributed by atoms with Crippen LogP contribution in [-0.4, -0.2) is 47.5 Å². The van der Waals surface area contributed by atoms with E-state index in [1.807, 2.05) is 25.4 Å². The molecule has 4 heterocycles. The highest BCUT2D eigenvalue weighted by atomic mass is 16.5. The molecule has 0 unspecified atom stereocenters. The molecule has 5 rings (SSSR count). The van der Waals surface area contributed by atoms with Crippen molar-refractivity contribution in [1.82, 2.24) is 29.1 Å². The van der Waals surface area contributed by atoms with Crippen molar-refractivity contribution in [2.45, 2.75) is 44.8 Å². The van der Waals surface area contributed by atoms with Crippen LogP contribution in [0.1, 0.15) is 37.5 Å². The van der Waals surface area contributed by atoms with Gasteiger partial charge in [-0.05, 0) is 44.7 Å². The van der Waals surface area contributed by atoms with E-state index in [0.29, 0.717) is 11.9 Å². The van der Waals surface area contributed by atoms with Crippen molar-refractivity contribution in [3.63, 3.8) is 0 Å². The highest BCUT2D eigenvalue weighted by molar-refractivity contribution is 5.87. The van der Waals surface area contributed by atoms with E-state index < -0.39 is 0 Å². The van der Waals surface area contributed by atoms with Gasteiger partial charge in [-0.15, -0.1) is 0 Å². The lowest BCUT2D eigenvalue weighted by molar-refractivity contribution is 0.111. The first-order valence-corrected chi connectivity index (χ1v) is 9.55. The van der Waals surface area contributed by atoms with Crippen LogP contribution in [0.3, 0.4) is 0 Å². The number of aliphatic hydroxyl groups excluding tert-OH is 1. The quantitative estimate of drug-likeness (QED) is 0.589. The molecule has 144 valence electrons. The van der Waals surface area contributed by atoms with Gasteiger partial charge < -0.3 is 14.4 Å². The second-order valence-corrected chi connectivity index (χ2v) is 7.35. The van der Waals surface area contributed by atoms with Gasteiger partial charge in [0, 0.05) is 29.6 Å². The Morgan fingerprint density at radius 2 is 2.00 bits per heavy atom. The maximum absolute atomic E-state index is 9.86. The molecule has 1 aliphatic carbocycles. The third-order valence-corrected chi connectivity index (χ3v) is 5.68. The fourth-order valence-corrected chi connectivity index (χ4v) is 4.32. The lowest BCUT2D eigenvalue weighted by Gasteiger charge is -2.27. The van der Waals surface area contributed by atoms with Crippen LogP contribution in [0.25, 0.3) is 27.8 Å². The summed E-state index contributed by atoms with van der Waals surface area (Å²) < 4.78 is 9.48. The Balaban J connectivity index is 1.65. The van der Waals surface area contributed by atoms with E-state index in [4.69, 9.17) is 4.74 Å². The smallest absolute Gasteiger partial charge is 0.241 e. The van der Waals surface area contributed by atoms with Crippen LogP contribution in [0.2, 0.25) is 0 Å². The third-order valence-electron chi connectivity index (χ3n) is 5.68. The number of aryl methyl sites for hydroxylation is 1. The zero-order valence-electron chi connectivity index (χ0n) is 15.9. The zero-order chi connectivity index (χ0) is 19.3. The van der Waals surface area contributed by atoms with E-state index in [-0.39, 0.29) is 6.10 Å². The number of pyridine rings is 1. The molecule has 0 radical (unpaired) electrons. The minimum atomic E-state index is -0.180. The van der Waals surface area contributed by atoms with E-state index in [1.54, 1.807) is 11.6 Å². The summed E-state index contributed by atoms with van der Waals surface area (Å²) in [4.78, 5) is 13.5. The normalized spacial score (nSPS) is 20.1. The summed E-state index contributed by atoms with van der Waals surface area (Å²) in [6.07, 6.45) is 8.59. The van der Waals surface area contributed by atoms with Gasteiger partial charge in [-0.2, -0.15) is 10.1 Å². The Bertz CT molecular complexity index is 1160. The van der Waals surface area contributed by atoms with Gasteiger partial charge in [0.05, 0.1) is 18.7 Å². The van der Waals surface area contributed by atoms with Gasteiger partial charge in [0.2, 0.25) is 5.88 Å². The molecule has 1 aliphatic rings. The number of nitrogens with zero attached hydrogens (tertiary/aromatic N) is 6. The number of methoxy groups -OCH3 is 1. The third kappa shape index (κ3) is 2.63. The van der Waals surface area contributed by atoms with Crippen LogP contribution in [0.4, 0.5) is 0 Å². The monoisotopic (exact) mass is 378 g/mol. The summed E-state index contributed by atoms with van der Waals surface area (Å²) in [5.41, 5.74) is 4.52. The van der Waals surface area contributed by atoms with Crippen molar-refractivity contribution in [3.05, 3.63) is 36.7 Å². The van der Waals surface area contributed by atoms with Gasteiger partial charge in [-0.1, -0.05) is 0 Å². The molecule has 4 aromatic rings. The second kappa shape index (κ2) is 6.56. The van der Waals surface area contributed by atoms with Crippen LogP contribution < -0.4 is 4.74 Å². The molecule has 1 saturated carbocycles. The van der Waals surface area contributed by atoms with Crippen LogP contribution >= 0.6 is 0 Å². The minimum absolute atomic E-state index is 0.180. The van der Waals surface area contributed by atoms with E-state index in [1.165, 1.54) is 6.33 Å². The Morgan fingerprint density at radius 3 is 2.79 bits per heavy atom. The van der Waals surface area contributed by atoms with Crippen molar-refractivity contribution >= 4 is 16.7 Å². The molecule has 1 N–H and O–H groups in total. The first-order valence-electron chi connectivity index (χ1n) is 9.55. The van der Waals surface area contributed by atoms with Gasteiger partial charge in [0.1, 0.15) is 17.7 Å². The molecule has 28 heavy (non-hydrogen) atoms. The van der Waals surface area contributed by atoms with Gasteiger partial charge >= 0.3 is 0 Å². The summed E-state index contributed by atoms with van der Waals surface area (Å²) in [7, 11) is 1.61. The summed E-state index contributed by atoms with van der Waals surface area (Å²) in [5.74, 6) is 1.49. The van der Waals surface area contributed by atoms with Gasteiger partial charge in [-0.3, -0.25) is 0 Å². The second-order valence-electron chi connectivity index (χ2n) is 7.35. The molecule has 0 amide bonds. The van der Waals surface area contributed by atoms with Crippen LogP contribution in [0.5, 0.6) is 5.88 Å². The van der Waals surface area contributed by atoms with Gasteiger partial charge in [0.25, 0.3) is 0 Å². The van der Waals surface area contributed by atoms with Gasteiger partial charge in [0.15, 0.2) is 5.65 Å². The largest absolute Gasteiger partial charge is 0.479 e. The maximum atomic E-state index is 9.86. The van der Waals surface area contributed by atoms with E-state index in [2.05, 4.69) is 30.7 Å². The standard InChI is InChI=1S/C20H22N6O2/c1-12-24-19-17(26(12)14-3-5-15(27)6-4-14)9-13(10-21-19)16-7-8-25-18(16)20(28-2)22-11-23-25/h7-11,14-15,27H,3-6H2,1-2H3. The van der Waals surface area contributed by atoms with Crippen molar-refractivity contribution < 1.29 is 9.84 Å². The average molecular weight is 378 g/mol. The topological polar surface area (TPSA) is 90.4 Å². The van der Waals surface area contributed by atoms with Crippen molar-refractivity contribution in [3.8, 4) is 17.0 Å². The fourth-order valence-electron chi connectivity index (χ4n) is 4.32. The first-order chi connectivity index (χ1) is 13.7. The Kier molecular flexibility index (Phi) is 4.01. The highest BCUT2D eigenvalue weighted by Crippen LogP contribution is 2.35. The van der Waals surface area contributed by atoms with E-state index >= 15 is 0 Å². The summed E-state index contributed by atoms with van der Waals surface area (Å²) in [6, 6.07) is 4.48. The van der Waals surface area contributed by atoms with Crippen molar-refractivity contribution in [2.75, 3.05) is 7.11 Å². The van der Waals surface area contributed by atoms with Crippen LogP contribution in [0, 0.1) is 6.92 Å². The van der Waals surface area contributed by atoms with Crippen LogP contribution in [0.15, 0.2) is 30.9 Å². The molecule has 0 atom stereocenters. The lowest BCUT2D eigenvalue weighted by atomic mass is 9.92. The fraction of sp³-hybridized carbons (Fsp3) is 0.400. The van der Waals surface area contributed by atoms with Crippen molar-refractivity contribution in [2.24, 2.45) is 0 Å². The molecule has 4 aromatic heterocycles. The maximum Gasteiger partial charge on any atom is 0.241 e. The number of hydrogen-bond donors (Lipinski definition) is 1. The number of ether oxygens (including phenoxy) is 1. The number of aromatic nitrogens is 6.